The number of hydrogen-bond acceptors (Lipinski definition) is 3. The number of amides is 1. The zero-order valence-electron chi connectivity index (χ0n) is 15.9. The fraction of sp³-hybridized carbons (Fsp3) is 0.364. The lowest BCUT2D eigenvalue weighted by Crippen LogP contribution is -2.52. The molecule has 3 atom stereocenters. The molecule has 1 heterocycles. The maximum absolute atomic E-state index is 13.8. The topological polar surface area (TPSA) is 66.8 Å². The molecule has 0 aromatic heterocycles. The first-order valence-corrected chi connectivity index (χ1v) is 10.5. The maximum Gasteiger partial charge on any atom is 0.306 e. The van der Waals surface area contributed by atoms with Gasteiger partial charge in [0.1, 0.15) is 18.0 Å². The van der Waals surface area contributed by atoms with Crippen molar-refractivity contribution in [2.75, 3.05) is 6.54 Å². The van der Waals surface area contributed by atoms with Crippen LogP contribution in [-0.4, -0.2) is 34.5 Å². The minimum absolute atomic E-state index is 0.0635. The first-order chi connectivity index (χ1) is 14.3. The summed E-state index contributed by atoms with van der Waals surface area (Å²) < 4.78 is 19.8. The van der Waals surface area contributed by atoms with Crippen molar-refractivity contribution in [3.8, 4) is 0 Å². The third kappa shape index (κ3) is 4.46. The van der Waals surface area contributed by atoms with Gasteiger partial charge in [0.15, 0.2) is 0 Å². The Labute approximate surface area is 183 Å². The maximum atomic E-state index is 13.8. The molecule has 1 aliphatic carbocycles. The van der Waals surface area contributed by atoms with Crippen LogP contribution < -0.4 is 0 Å². The van der Waals surface area contributed by atoms with Crippen LogP contribution in [0.1, 0.15) is 42.5 Å². The van der Waals surface area contributed by atoms with Crippen molar-refractivity contribution in [1.82, 2.24) is 4.90 Å². The lowest BCUT2D eigenvalue weighted by Gasteiger charge is -2.45. The highest BCUT2D eigenvalue weighted by Crippen LogP contribution is 2.45. The molecule has 4 rings (SSSR count). The van der Waals surface area contributed by atoms with E-state index < -0.39 is 36.5 Å². The van der Waals surface area contributed by atoms with E-state index in [2.05, 4.69) is 0 Å². The number of carbonyl (C=O) groups is 2. The van der Waals surface area contributed by atoms with Gasteiger partial charge in [0.2, 0.25) is 0 Å². The predicted octanol–water partition coefficient (Wildman–Crippen LogP) is 5.03. The van der Waals surface area contributed by atoms with E-state index in [1.54, 1.807) is 23.1 Å². The molecular weight excluding hydrogens is 432 g/mol. The van der Waals surface area contributed by atoms with Gasteiger partial charge in [-0.05, 0) is 54.2 Å². The Balaban J connectivity index is 1.79. The Morgan fingerprint density at radius 1 is 1.13 bits per heavy atom. The number of morpholine rings is 1. The summed E-state index contributed by atoms with van der Waals surface area (Å²) in [5, 5.41) is 9.77. The lowest BCUT2D eigenvalue weighted by atomic mass is 9.91. The van der Waals surface area contributed by atoms with E-state index >= 15 is 0 Å². The number of halogens is 3. The van der Waals surface area contributed by atoms with Gasteiger partial charge in [-0.15, -0.1) is 0 Å². The third-order valence-corrected chi connectivity index (χ3v) is 6.03. The van der Waals surface area contributed by atoms with Gasteiger partial charge in [-0.1, -0.05) is 41.4 Å². The Morgan fingerprint density at radius 3 is 2.40 bits per heavy atom. The average molecular weight is 452 g/mol. The minimum Gasteiger partial charge on any atom is -0.481 e. The molecule has 0 unspecified atom stereocenters. The van der Waals surface area contributed by atoms with E-state index in [0.29, 0.717) is 23.0 Å². The second-order valence-electron chi connectivity index (χ2n) is 7.75. The lowest BCUT2D eigenvalue weighted by molar-refractivity contribution is -0.179. The second-order valence-corrected chi connectivity index (χ2v) is 8.59. The summed E-state index contributed by atoms with van der Waals surface area (Å²) in [6.45, 7) is 0.511. The van der Waals surface area contributed by atoms with E-state index in [-0.39, 0.29) is 10.9 Å². The number of aliphatic carboxylic acids is 1. The highest BCUT2D eigenvalue weighted by atomic mass is 35.5. The molecule has 2 aliphatic rings. The summed E-state index contributed by atoms with van der Waals surface area (Å²) in [4.78, 5) is 26.3. The quantitative estimate of drug-likeness (QED) is 0.668. The molecule has 158 valence electrons. The molecule has 2 aromatic carbocycles. The highest BCUT2D eigenvalue weighted by Gasteiger charge is 2.46. The van der Waals surface area contributed by atoms with Crippen LogP contribution in [0, 0.1) is 11.7 Å². The van der Waals surface area contributed by atoms with Crippen LogP contribution in [0.3, 0.4) is 0 Å². The first kappa shape index (κ1) is 21.1. The van der Waals surface area contributed by atoms with Crippen LogP contribution in [0.25, 0.3) is 0 Å². The normalized spacial score (nSPS) is 24.2. The van der Waals surface area contributed by atoms with Crippen molar-refractivity contribution in [3.63, 3.8) is 0 Å². The molecule has 2 aromatic rings. The van der Waals surface area contributed by atoms with Gasteiger partial charge in [-0.2, -0.15) is 0 Å². The second kappa shape index (κ2) is 8.53. The van der Waals surface area contributed by atoms with E-state index in [4.69, 9.17) is 27.9 Å². The number of carboxylic acid groups (broad SMARTS) is 1. The van der Waals surface area contributed by atoms with Crippen LogP contribution in [0.4, 0.5) is 4.39 Å². The smallest absolute Gasteiger partial charge is 0.306 e. The summed E-state index contributed by atoms with van der Waals surface area (Å²) in [5.74, 6) is -1.66. The fourth-order valence-electron chi connectivity index (χ4n) is 3.84. The van der Waals surface area contributed by atoms with E-state index in [1.807, 2.05) is 12.1 Å². The Kier molecular flexibility index (Phi) is 6.00. The molecule has 0 spiro atoms. The minimum atomic E-state index is -1.13. The van der Waals surface area contributed by atoms with Crippen LogP contribution in [0.2, 0.25) is 10.0 Å². The summed E-state index contributed by atoms with van der Waals surface area (Å²) in [7, 11) is 0. The Hall–Kier alpha value is -2.15. The van der Waals surface area contributed by atoms with E-state index in [1.165, 1.54) is 12.1 Å². The third-order valence-electron chi connectivity index (χ3n) is 5.49. The SMILES string of the molecule is O=C(O)C[C@@H]1O[C@H](c2ccc(F)c(Cl)c2)[C@@H](c2ccc(Cl)cc2)N(CC2CC2)C1=O. The number of hydrogen-bond donors (Lipinski definition) is 1. The number of benzene rings is 2. The van der Waals surface area contributed by atoms with Crippen LogP contribution in [0.15, 0.2) is 42.5 Å². The van der Waals surface area contributed by atoms with Gasteiger partial charge in [-0.25, -0.2) is 4.39 Å². The van der Waals surface area contributed by atoms with Gasteiger partial charge < -0.3 is 14.7 Å². The Morgan fingerprint density at radius 2 is 1.80 bits per heavy atom. The molecule has 1 aliphatic heterocycles. The van der Waals surface area contributed by atoms with Crippen molar-refractivity contribution >= 4 is 35.1 Å². The summed E-state index contributed by atoms with van der Waals surface area (Å²) in [6.07, 6.45) is -0.231. The molecule has 2 fully saturated rings. The molecule has 1 amide bonds. The molecule has 0 radical (unpaired) electrons. The van der Waals surface area contributed by atoms with Gasteiger partial charge in [0.05, 0.1) is 17.5 Å². The molecule has 8 heteroatoms. The van der Waals surface area contributed by atoms with Crippen molar-refractivity contribution in [2.24, 2.45) is 5.92 Å². The summed E-state index contributed by atoms with van der Waals surface area (Å²) in [5.41, 5.74) is 1.37. The van der Waals surface area contributed by atoms with Gasteiger partial charge in [-0.3, -0.25) is 9.59 Å². The summed E-state index contributed by atoms with van der Waals surface area (Å²) in [6, 6.07) is 10.8. The van der Waals surface area contributed by atoms with E-state index in [9.17, 15) is 19.1 Å². The molecule has 5 nitrogen and oxygen atoms in total. The van der Waals surface area contributed by atoms with E-state index in [0.717, 1.165) is 18.4 Å². The number of carbonyl (C=O) groups excluding carboxylic acids is 1. The van der Waals surface area contributed by atoms with Crippen molar-refractivity contribution in [1.29, 1.82) is 0 Å². The zero-order chi connectivity index (χ0) is 21.4. The summed E-state index contributed by atoms with van der Waals surface area (Å²) >= 11 is 12.1. The van der Waals surface area contributed by atoms with Crippen LogP contribution in [0.5, 0.6) is 0 Å². The first-order valence-electron chi connectivity index (χ1n) is 9.71. The average Bonchev–Trinajstić information content (AvgIpc) is 3.52. The number of carboxylic acids is 1. The van der Waals surface area contributed by atoms with Crippen LogP contribution >= 0.6 is 23.2 Å². The van der Waals surface area contributed by atoms with Crippen molar-refractivity contribution in [3.05, 3.63) is 69.5 Å². The molecule has 0 bridgehead atoms. The van der Waals surface area contributed by atoms with Gasteiger partial charge in [0.25, 0.3) is 5.91 Å². The molecule has 1 saturated carbocycles. The largest absolute Gasteiger partial charge is 0.481 e. The number of rotatable bonds is 6. The standard InChI is InChI=1S/C22H20Cl2FNO4/c23-15-6-3-13(4-7-15)20-21(14-5-8-17(25)16(24)9-14)30-18(10-19(27)28)22(29)26(20)11-12-1-2-12/h3-9,12,18,20-21H,1-2,10-11H2,(H,27,28)/t18-,20+,21+/m0/s1. The van der Waals surface area contributed by atoms with Crippen LogP contribution in [-0.2, 0) is 14.3 Å². The molecule has 30 heavy (non-hydrogen) atoms. The van der Waals surface area contributed by atoms with Gasteiger partial charge in [0, 0.05) is 11.6 Å². The van der Waals surface area contributed by atoms with Crippen molar-refractivity contribution in [2.45, 2.75) is 37.5 Å². The Bertz CT molecular complexity index is 964. The molecule has 1 N–H and O–H groups in total. The number of ether oxygens (including phenoxy) is 1. The molecular formula is C22H20Cl2FNO4. The highest BCUT2D eigenvalue weighted by molar-refractivity contribution is 6.31. The predicted molar refractivity (Wildman–Crippen MR) is 110 cm³/mol. The van der Waals surface area contributed by atoms with Crippen molar-refractivity contribution < 1.29 is 23.8 Å². The number of nitrogens with zero attached hydrogens (tertiary/aromatic N) is 1. The zero-order valence-corrected chi connectivity index (χ0v) is 17.4. The molecule has 1 saturated heterocycles. The fourth-order valence-corrected chi connectivity index (χ4v) is 4.15. The van der Waals surface area contributed by atoms with Gasteiger partial charge >= 0.3 is 5.97 Å². The monoisotopic (exact) mass is 451 g/mol.